The number of β-lactam (4-membered cyclic amide) rings is 1. The minimum atomic E-state index is 0.160. The SMILES string of the molecule is CCCC/C=C\CN1C(=O)C[C@@H]1COc1ccccc1OC. The zero-order valence-corrected chi connectivity index (χ0v) is 13.5. The van der Waals surface area contributed by atoms with Crippen molar-refractivity contribution in [1.82, 2.24) is 4.90 Å². The van der Waals surface area contributed by atoms with Gasteiger partial charge in [-0.2, -0.15) is 0 Å². The largest absolute Gasteiger partial charge is 0.493 e. The van der Waals surface area contributed by atoms with Crippen molar-refractivity contribution in [3.63, 3.8) is 0 Å². The lowest BCUT2D eigenvalue weighted by Crippen LogP contribution is -2.55. The molecule has 1 aromatic rings. The number of ether oxygens (including phenoxy) is 2. The molecule has 22 heavy (non-hydrogen) atoms. The highest BCUT2D eigenvalue weighted by atomic mass is 16.5. The van der Waals surface area contributed by atoms with Gasteiger partial charge in [0, 0.05) is 6.54 Å². The number of carbonyl (C=O) groups is 1. The van der Waals surface area contributed by atoms with Gasteiger partial charge in [0.05, 0.1) is 19.6 Å². The Kier molecular flexibility index (Phi) is 6.31. The summed E-state index contributed by atoms with van der Waals surface area (Å²) in [5, 5.41) is 0. The van der Waals surface area contributed by atoms with Gasteiger partial charge < -0.3 is 14.4 Å². The highest BCUT2D eigenvalue weighted by Crippen LogP contribution is 2.27. The highest BCUT2D eigenvalue weighted by Gasteiger charge is 2.35. The van der Waals surface area contributed by atoms with Gasteiger partial charge in [-0.3, -0.25) is 4.79 Å². The molecule has 1 saturated heterocycles. The lowest BCUT2D eigenvalue weighted by molar-refractivity contribution is -0.146. The Morgan fingerprint density at radius 3 is 2.73 bits per heavy atom. The summed E-state index contributed by atoms with van der Waals surface area (Å²) in [7, 11) is 1.63. The molecule has 0 N–H and O–H groups in total. The molecule has 1 heterocycles. The fourth-order valence-corrected chi connectivity index (χ4v) is 2.47. The fraction of sp³-hybridized carbons (Fsp3) is 0.500. The maximum Gasteiger partial charge on any atom is 0.225 e. The molecule has 0 radical (unpaired) electrons. The first-order valence-corrected chi connectivity index (χ1v) is 7.96. The maximum atomic E-state index is 11.7. The summed E-state index contributed by atoms with van der Waals surface area (Å²) in [4.78, 5) is 13.6. The second-order valence-electron chi connectivity index (χ2n) is 5.48. The zero-order chi connectivity index (χ0) is 15.8. The van der Waals surface area contributed by atoms with E-state index in [1.54, 1.807) is 7.11 Å². The number of unbranched alkanes of at least 4 members (excludes halogenated alkanes) is 2. The van der Waals surface area contributed by atoms with Crippen LogP contribution in [0, 0.1) is 0 Å². The van der Waals surface area contributed by atoms with Crippen LogP contribution < -0.4 is 9.47 Å². The molecule has 1 fully saturated rings. The number of methoxy groups -OCH3 is 1. The Labute approximate surface area is 132 Å². The minimum absolute atomic E-state index is 0.160. The summed E-state index contributed by atoms with van der Waals surface area (Å²) in [5.41, 5.74) is 0. The highest BCUT2D eigenvalue weighted by molar-refractivity contribution is 5.83. The summed E-state index contributed by atoms with van der Waals surface area (Å²) in [6, 6.07) is 7.74. The van der Waals surface area contributed by atoms with Crippen LogP contribution in [0.15, 0.2) is 36.4 Å². The number of hydrogen-bond donors (Lipinski definition) is 0. The molecular weight excluding hydrogens is 278 g/mol. The molecule has 1 aliphatic heterocycles. The van der Waals surface area contributed by atoms with Gasteiger partial charge in [0.2, 0.25) is 5.91 Å². The van der Waals surface area contributed by atoms with Crippen LogP contribution in [0.2, 0.25) is 0 Å². The van der Waals surface area contributed by atoms with E-state index >= 15 is 0 Å². The molecule has 0 bridgehead atoms. The quantitative estimate of drug-likeness (QED) is 0.398. The second-order valence-corrected chi connectivity index (χ2v) is 5.48. The van der Waals surface area contributed by atoms with E-state index in [9.17, 15) is 4.79 Å². The minimum Gasteiger partial charge on any atom is -0.493 e. The van der Waals surface area contributed by atoms with Crippen molar-refractivity contribution in [1.29, 1.82) is 0 Å². The van der Waals surface area contributed by atoms with Gasteiger partial charge >= 0.3 is 0 Å². The second kappa shape index (κ2) is 8.47. The van der Waals surface area contributed by atoms with Crippen LogP contribution in [0.3, 0.4) is 0 Å². The van der Waals surface area contributed by atoms with E-state index in [0.29, 0.717) is 19.6 Å². The number of para-hydroxylation sites is 2. The van der Waals surface area contributed by atoms with Gasteiger partial charge in [-0.15, -0.1) is 0 Å². The summed E-state index contributed by atoms with van der Waals surface area (Å²) in [5.74, 6) is 1.65. The van der Waals surface area contributed by atoms with E-state index in [-0.39, 0.29) is 11.9 Å². The third-order valence-corrected chi connectivity index (χ3v) is 3.86. The van der Waals surface area contributed by atoms with Crippen molar-refractivity contribution in [3.05, 3.63) is 36.4 Å². The van der Waals surface area contributed by atoms with Crippen LogP contribution in [0.1, 0.15) is 32.6 Å². The van der Waals surface area contributed by atoms with Gasteiger partial charge in [-0.05, 0) is 18.6 Å². The molecule has 1 atom stereocenters. The number of nitrogens with zero attached hydrogens (tertiary/aromatic N) is 1. The average Bonchev–Trinajstić information content (AvgIpc) is 2.54. The number of rotatable bonds is 9. The first kappa shape index (κ1) is 16.4. The van der Waals surface area contributed by atoms with Crippen LogP contribution in [0.5, 0.6) is 11.5 Å². The first-order chi connectivity index (χ1) is 10.8. The van der Waals surface area contributed by atoms with Gasteiger partial charge in [-0.25, -0.2) is 0 Å². The van der Waals surface area contributed by atoms with Crippen molar-refractivity contribution in [2.45, 2.75) is 38.6 Å². The van der Waals surface area contributed by atoms with Gasteiger partial charge in [-0.1, -0.05) is 44.1 Å². The van der Waals surface area contributed by atoms with Crippen LogP contribution in [0.4, 0.5) is 0 Å². The molecule has 0 unspecified atom stereocenters. The van der Waals surface area contributed by atoms with Crippen molar-refractivity contribution >= 4 is 5.91 Å². The van der Waals surface area contributed by atoms with Gasteiger partial charge in [0.25, 0.3) is 0 Å². The molecule has 4 heteroatoms. The molecule has 4 nitrogen and oxygen atoms in total. The lowest BCUT2D eigenvalue weighted by atomic mass is 10.0. The normalized spacial score (nSPS) is 17.6. The van der Waals surface area contributed by atoms with Crippen molar-refractivity contribution in [2.24, 2.45) is 0 Å². The van der Waals surface area contributed by atoms with Crippen LogP contribution >= 0.6 is 0 Å². The van der Waals surface area contributed by atoms with E-state index in [4.69, 9.17) is 9.47 Å². The van der Waals surface area contributed by atoms with E-state index in [0.717, 1.165) is 17.9 Å². The molecule has 0 saturated carbocycles. The van der Waals surface area contributed by atoms with Gasteiger partial charge in [0.15, 0.2) is 11.5 Å². The topological polar surface area (TPSA) is 38.8 Å². The molecule has 0 aliphatic carbocycles. The smallest absolute Gasteiger partial charge is 0.225 e. The van der Waals surface area contributed by atoms with Crippen LogP contribution in [0.25, 0.3) is 0 Å². The molecule has 0 aromatic heterocycles. The Morgan fingerprint density at radius 2 is 2.05 bits per heavy atom. The molecular formula is C18H25NO3. The third-order valence-electron chi connectivity index (χ3n) is 3.86. The van der Waals surface area contributed by atoms with E-state index in [1.807, 2.05) is 29.2 Å². The van der Waals surface area contributed by atoms with Crippen molar-refractivity contribution in [3.8, 4) is 11.5 Å². The maximum absolute atomic E-state index is 11.7. The molecule has 2 rings (SSSR count). The summed E-state index contributed by atoms with van der Waals surface area (Å²) >= 11 is 0. The third kappa shape index (κ3) is 4.26. The molecule has 1 amide bonds. The van der Waals surface area contributed by atoms with Crippen LogP contribution in [-0.2, 0) is 4.79 Å². The number of carbonyl (C=O) groups excluding carboxylic acids is 1. The Bertz CT molecular complexity index is 513. The Balaban J connectivity index is 1.80. The predicted octanol–water partition coefficient (Wildman–Crippen LogP) is 3.42. The summed E-state index contributed by atoms with van der Waals surface area (Å²) in [6.07, 6.45) is 8.29. The fourth-order valence-electron chi connectivity index (χ4n) is 2.47. The molecule has 1 aromatic carbocycles. The van der Waals surface area contributed by atoms with E-state index in [1.165, 1.54) is 12.8 Å². The Morgan fingerprint density at radius 1 is 1.27 bits per heavy atom. The monoisotopic (exact) mass is 303 g/mol. The number of hydrogen-bond acceptors (Lipinski definition) is 3. The lowest BCUT2D eigenvalue weighted by Gasteiger charge is -2.39. The number of allylic oxidation sites excluding steroid dienone is 1. The van der Waals surface area contributed by atoms with Gasteiger partial charge in [0.1, 0.15) is 6.61 Å². The van der Waals surface area contributed by atoms with E-state index < -0.39 is 0 Å². The number of likely N-dealkylation sites (tertiary alicyclic amines) is 1. The number of amides is 1. The van der Waals surface area contributed by atoms with E-state index in [2.05, 4.69) is 19.1 Å². The molecule has 0 spiro atoms. The number of benzene rings is 1. The summed E-state index contributed by atoms with van der Waals surface area (Å²) in [6.45, 7) is 3.37. The van der Waals surface area contributed by atoms with Crippen molar-refractivity contribution < 1.29 is 14.3 Å². The standard InChI is InChI=1S/C18H25NO3/c1-3-4-5-6-9-12-19-15(13-18(19)20)14-22-17-11-8-7-10-16(17)21-2/h6-11,15H,3-5,12-14H2,1-2H3/b9-6-/t15-/m1/s1. The average molecular weight is 303 g/mol. The zero-order valence-electron chi connectivity index (χ0n) is 13.5. The molecule has 120 valence electrons. The van der Waals surface area contributed by atoms with Crippen molar-refractivity contribution in [2.75, 3.05) is 20.3 Å². The summed E-state index contributed by atoms with van der Waals surface area (Å²) < 4.78 is 11.1. The first-order valence-electron chi connectivity index (χ1n) is 7.96. The Hall–Kier alpha value is -1.97. The molecule has 1 aliphatic rings. The predicted molar refractivity (Wildman–Crippen MR) is 87.3 cm³/mol. The van der Waals surface area contributed by atoms with Crippen LogP contribution in [-0.4, -0.2) is 37.1 Å².